The Hall–Kier alpha value is -3.32. The van der Waals surface area contributed by atoms with Gasteiger partial charge in [0.25, 0.3) is 11.6 Å². The van der Waals surface area contributed by atoms with E-state index in [0.29, 0.717) is 5.56 Å². The van der Waals surface area contributed by atoms with Gasteiger partial charge >= 0.3 is 0 Å². The lowest BCUT2D eigenvalue weighted by Crippen LogP contribution is -2.17. The highest BCUT2D eigenvalue weighted by Gasteiger charge is 2.08. The van der Waals surface area contributed by atoms with E-state index in [4.69, 9.17) is 0 Å². The summed E-state index contributed by atoms with van der Waals surface area (Å²) in [5.74, 6) is -0.425. The Morgan fingerprint density at radius 1 is 1.04 bits per heavy atom. The first-order chi connectivity index (χ1) is 12.1. The van der Waals surface area contributed by atoms with Crippen LogP contribution in [-0.4, -0.2) is 17.0 Å². The maximum Gasteiger partial charge on any atom is 0.271 e. The molecule has 1 N–H and O–H groups in total. The van der Waals surface area contributed by atoms with Crippen LogP contribution in [0.15, 0.2) is 71.8 Å². The standard InChI is InChI=1S/C18H13N3O3S/c22-18(14-6-8-15(9-7-14)21(23)24)20-19-12-16-10-11-17(25-16)13-4-2-1-3-5-13/h1-12H,(H,20,22)/b19-12-. The van der Waals surface area contributed by atoms with Crippen LogP contribution in [-0.2, 0) is 0 Å². The van der Waals surface area contributed by atoms with Crippen LogP contribution in [0.3, 0.4) is 0 Å². The molecule has 7 heteroatoms. The molecule has 0 saturated heterocycles. The molecule has 2 aromatic carbocycles. The number of rotatable bonds is 5. The summed E-state index contributed by atoms with van der Waals surface area (Å²) in [4.78, 5) is 24.1. The number of hydrogen-bond acceptors (Lipinski definition) is 5. The van der Waals surface area contributed by atoms with Gasteiger partial charge < -0.3 is 0 Å². The van der Waals surface area contributed by atoms with Gasteiger partial charge in [-0.2, -0.15) is 5.10 Å². The third-order valence-corrected chi connectivity index (χ3v) is 4.45. The van der Waals surface area contributed by atoms with Crippen molar-refractivity contribution in [1.29, 1.82) is 0 Å². The number of thiophene rings is 1. The predicted molar refractivity (Wildman–Crippen MR) is 97.9 cm³/mol. The van der Waals surface area contributed by atoms with E-state index >= 15 is 0 Å². The van der Waals surface area contributed by atoms with Crippen LogP contribution in [0, 0.1) is 10.1 Å². The highest BCUT2D eigenvalue weighted by molar-refractivity contribution is 7.17. The minimum Gasteiger partial charge on any atom is -0.267 e. The predicted octanol–water partition coefficient (Wildman–Crippen LogP) is 4.09. The van der Waals surface area contributed by atoms with Crippen molar-refractivity contribution in [3.05, 3.63) is 87.3 Å². The molecule has 0 aliphatic rings. The van der Waals surface area contributed by atoms with Crippen molar-refractivity contribution in [3.8, 4) is 10.4 Å². The minimum atomic E-state index is -0.513. The number of hydrogen-bond donors (Lipinski definition) is 1. The molecular weight excluding hydrogens is 338 g/mol. The fraction of sp³-hybridized carbons (Fsp3) is 0. The second-order valence-electron chi connectivity index (χ2n) is 5.07. The van der Waals surface area contributed by atoms with Crippen molar-refractivity contribution in [3.63, 3.8) is 0 Å². The number of carbonyl (C=O) groups excluding carboxylic acids is 1. The summed E-state index contributed by atoms with van der Waals surface area (Å²) in [5.41, 5.74) is 3.78. The topological polar surface area (TPSA) is 84.6 Å². The first-order valence-corrected chi connectivity index (χ1v) is 8.18. The number of non-ortho nitro benzene ring substituents is 1. The lowest BCUT2D eigenvalue weighted by molar-refractivity contribution is -0.384. The molecule has 124 valence electrons. The summed E-state index contributed by atoms with van der Waals surface area (Å²) in [6, 6.07) is 19.3. The van der Waals surface area contributed by atoms with Gasteiger partial charge in [-0.25, -0.2) is 5.43 Å². The summed E-state index contributed by atoms with van der Waals surface area (Å²) < 4.78 is 0. The Balaban J connectivity index is 1.62. The smallest absolute Gasteiger partial charge is 0.267 e. The van der Waals surface area contributed by atoms with E-state index in [0.717, 1.165) is 15.3 Å². The molecule has 0 aliphatic carbocycles. The number of hydrazone groups is 1. The third-order valence-electron chi connectivity index (χ3n) is 3.38. The lowest BCUT2D eigenvalue weighted by Gasteiger charge is -1.99. The van der Waals surface area contributed by atoms with E-state index in [-0.39, 0.29) is 5.69 Å². The van der Waals surface area contributed by atoms with Crippen LogP contribution < -0.4 is 5.43 Å². The molecule has 0 radical (unpaired) electrons. The molecule has 25 heavy (non-hydrogen) atoms. The molecule has 1 heterocycles. The zero-order valence-electron chi connectivity index (χ0n) is 13.0. The molecule has 0 fully saturated rings. The first-order valence-electron chi connectivity index (χ1n) is 7.36. The van der Waals surface area contributed by atoms with E-state index in [1.807, 2.05) is 42.5 Å². The number of nitrogens with one attached hydrogen (secondary N) is 1. The lowest BCUT2D eigenvalue weighted by atomic mass is 10.2. The van der Waals surface area contributed by atoms with E-state index in [9.17, 15) is 14.9 Å². The van der Waals surface area contributed by atoms with Crippen LogP contribution in [0.4, 0.5) is 5.69 Å². The molecule has 1 aromatic heterocycles. The molecule has 6 nitrogen and oxygen atoms in total. The van der Waals surface area contributed by atoms with Crippen molar-refractivity contribution >= 4 is 29.1 Å². The van der Waals surface area contributed by atoms with Gasteiger partial charge in [-0.05, 0) is 29.8 Å². The molecule has 0 saturated carbocycles. The number of amides is 1. The molecule has 0 spiro atoms. The van der Waals surface area contributed by atoms with Crippen molar-refractivity contribution in [2.45, 2.75) is 0 Å². The normalized spacial score (nSPS) is 10.7. The van der Waals surface area contributed by atoms with Crippen molar-refractivity contribution in [2.75, 3.05) is 0 Å². The van der Waals surface area contributed by atoms with E-state index in [1.54, 1.807) is 17.6 Å². The van der Waals surface area contributed by atoms with Gasteiger partial charge in [-0.15, -0.1) is 11.3 Å². The Morgan fingerprint density at radius 2 is 1.76 bits per heavy atom. The molecule has 0 aliphatic heterocycles. The van der Waals surface area contributed by atoms with Crippen LogP contribution in [0.1, 0.15) is 15.2 Å². The summed E-state index contributed by atoms with van der Waals surface area (Å²) in [5, 5.41) is 14.5. The zero-order chi connectivity index (χ0) is 17.6. The largest absolute Gasteiger partial charge is 0.271 e. The summed E-state index contributed by atoms with van der Waals surface area (Å²) >= 11 is 1.56. The van der Waals surface area contributed by atoms with Crippen molar-refractivity contribution < 1.29 is 9.72 Å². The molecule has 0 atom stereocenters. The fourth-order valence-electron chi connectivity index (χ4n) is 2.13. The van der Waals surface area contributed by atoms with E-state index < -0.39 is 10.8 Å². The quantitative estimate of drug-likeness (QED) is 0.427. The van der Waals surface area contributed by atoms with Crippen LogP contribution in [0.5, 0.6) is 0 Å². The minimum absolute atomic E-state index is 0.0629. The number of benzene rings is 2. The average molecular weight is 351 g/mol. The molecule has 3 aromatic rings. The molecule has 3 rings (SSSR count). The Kier molecular flexibility index (Phi) is 4.96. The monoisotopic (exact) mass is 351 g/mol. The highest BCUT2D eigenvalue weighted by Crippen LogP contribution is 2.26. The molecular formula is C18H13N3O3S. The van der Waals surface area contributed by atoms with E-state index in [2.05, 4.69) is 10.5 Å². The summed E-state index contributed by atoms with van der Waals surface area (Å²) in [7, 11) is 0. The second-order valence-corrected chi connectivity index (χ2v) is 6.19. The van der Waals surface area contributed by atoms with Gasteiger partial charge in [0.2, 0.25) is 0 Å². The SMILES string of the molecule is O=C(N/N=C\c1ccc(-c2ccccc2)s1)c1ccc([N+](=O)[O-])cc1. The van der Waals surface area contributed by atoms with Crippen molar-refractivity contribution in [2.24, 2.45) is 5.10 Å². The molecule has 0 unspecified atom stereocenters. The maximum absolute atomic E-state index is 12.0. The maximum atomic E-state index is 12.0. The zero-order valence-corrected chi connectivity index (χ0v) is 13.8. The second kappa shape index (κ2) is 7.50. The van der Waals surface area contributed by atoms with E-state index in [1.165, 1.54) is 24.3 Å². The fourth-order valence-corrected chi connectivity index (χ4v) is 3.02. The van der Waals surface area contributed by atoms with Gasteiger partial charge in [0, 0.05) is 27.5 Å². The van der Waals surface area contributed by atoms with Crippen LogP contribution in [0.25, 0.3) is 10.4 Å². The summed E-state index contributed by atoms with van der Waals surface area (Å²) in [6.07, 6.45) is 1.57. The number of nitrogens with zero attached hydrogens (tertiary/aromatic N) is 2. The summed E-state index contributed by atoms with van der Waals surface area (Å²) in [6.45, 7) is 0. The number of nitro groups is 1. The highest BCUT2D eigenvalue weighted by atomic mass is 32.1. The third kappa shape index (κ3) is 4.15. The Bertz CT molecular complexity index is 918. The molecule has 0 bridgehead atoms. The Morgan fingerprint density at radius 3 is 2.44 bits per heavy atom. The van der Waals surface area contributed by atoms with Gasteiger partial charge in [-0.3, -0.25) is 14.9 Å². The van der Waals surface area contributed by atoms with Gasteiger partial charge in [0.1, 0.15) is 0 Å². The first kappa shape index (κ1) is 16.5. The van der Waals surface area contributed by atoms with Gasteiger partial charge in [0.05, 0.1) is 11.1 Å². The number of carbonyl (C=O) groups is 1. The van der Waals surface area contributed by atoms with Gasteiger partial charge in [0.15, 0.2) is 0 Å². The van der Waals surface area contributed by atoms with Gasteiger partial charge in [-0.1, -0.05) is 30.3 Å². The average Bonchev–Trinajstić information content (AvgIpc) is 3.11. The van der Waals surface area contributed by atoms with Crippen LogP contribution >= 0.6 is 11.3 Å². The molecule has 1 amide bonds. The number of nitro benzene ring substituents is 1. The van der Waals surface area contributed by atoms with Crippen molar-refractivity contribution in [1.82, 2.24) is 5.43 Å². The Labute approximate surface area is 147 Å². The van der Waals surface area contributed by atoms with Crippen LogP contribution in [0.2, 0.25) is 0 Å².